The molecule has 0 radical (unpaired) electrons. The number of ether oxygens (including phenoxy) is 1. The molecule has 1 saturated heterocycles. The van der Waals surface area contributed by atoms with E-state index >= 15 is 0 Å². The van der Waals surface area contributed by atoms with Gasteiger partial charge in [-0.15, -0.1) is 0 Å². The van der Waals surface area contributed by atoms with E-state index in [4.69, 9.17) is 4.74 Å². The van der Waals surface area contributed by atoms with Crippen LogP contribution >= 0.6 is 0 Å². The number of unbranched alkanes of at least 4 members (excludes halogenated alkanes) is 1. The van der Waals surface area contributed by atoms with E-state index in [1.165, 1.54) is 18.4 Å². The van der Waals surface area contributed by atoms with Crippen LogP contribution in [0.25, 0.3) is 0 Å². The largest absolute Gasteiger partial charge is 0.497 e. The molecule has 1 aliphatic rings. The highest BCUT2D eigenvalue weighted by Gasteiger charge is 2.33. The molecule has 1 heterocycles. The summed E-state index contributed by atoms with van der Waals surface area (Å²) in [4.78, 5) is 14.2. The molecule has 1 fully saturated rings. The third-order valence-electron chi connectivity index (χ3n) is 5.61. The summed E-state index contributed by atoms with van der Waals surface area (Å²) in [5, 5.41) is 9.03. The molecule has 4 nitrogen and oxygen atoms in total. The highest BCUT2D eigenvalue weighted by atomic mass is 16.5. The highest BCUT2D eigenvalue weighted by molar-refractivity contribution is 6.26. The number of hydrogen-bond donors (Lipinski definition) is 1. The molecule has 0 spiro atoms. The van der Waals surface area contributed by atoms with Gasteiger partial charge in [-0.2, -0.15) is 0 Å². The topological polar surface area (TPSA) is 49.8 Å². The quantitative estimate of drug-likeness (QED) is 0.657. The van der Waals surface area contributed by atoms with Crippen LogP contribution in [0.15, 0.2) is 24.3 Å². The number of aliphatic carboxylic acids is 1. The van der Waals surface area contributed by atoms with Crippen LogP contribution in [0.4, 0.5) is 0 Å². The summed E-state index contributed by atoms with van der Waals surface area (Å²) in [6.07, 6.45) is 6.87. The molecular weight excluding hydrogens is 313 g/mol. The number of carboxylic acid groups (broad SMARTS) is 1. The van der Waals surface area contributed by atoms with Crippen molar-refractivity contribution >= 4 is 13.8 Å². The van der Waals surface area contributed by atoms with E-state index in [9.17, 15) is 9.90 Å². The number of hydrogen-bond acceptors (Lipinski definition) is 3. The first-order valence-corrected chi connectivity index (χ1v) is 9.61. The Balaban J connectivity index is 1.93. The predicted molar refractivity (Wildman–Crippen MR) is 104 cm³/mol. The number of nitrogens with zero attached hydrogens (tertiary/aromatic N) is 1. The van der Waals surface area contributed by atoms with Crippen LogP contribution in [-0.4, -0.2) is 44.0 Å². The first-order valence-electron chi connectivity index (χ1n) is 9.61. The van der Waals surface area contributed by atoms with Gasteiger partial charge in [0.15, 0.2) is 0 Å². The minimum Gasteiger partial charge on any atom is -0.497 e. The summed E-state index contributed by atoms with van der Waals surface area (Å²) in [7, 11) is 3.61. The molecule has 0 aliphatic carbocycles. The molecule has 138 valence electrons. The van der Waals surface area contributed by atoms with E-state index in [-0.39, 0.29) is 0 Å². The first kappa shape index (κ1) is 19.8. The van der Waals surface area contributed by atoms with Crippen molar-refractivity contribution in [3.8, 4) is 5.75 Å². The van der Waals surface area contributed by atoms with E-state index < -0.39 is 11.3 Å². The van der Waals surface area contributed by atoms with Crippen LogP contribution in [0, 0.1) is 0 Å². The van der Waals surface area contributed by atoms with Crippen molar-refractivity contribution in [1.29, 1.82) is 0 Å². The fraction of sp³-hybridized carbons (Fsp3) is 0.650. The summed E-state index contributed by atoms with van der Waals surface area (Å²) in [6, 6.07) is 8.77. The summed E-state index contributed by atoms with van der Waals surface area (Å²) in [6.45, 7) is 4.18. The molecule has 25 heavy (non-hydrogen) atoms. The number of carbonyl (C=O) groups is 1. The lowest BCUT2D eigenvalue weighted by molar-refractivity contribution is -0.141. The molecule has 1 N–H and O–H groups in total. The normalized spacial score (nSPS) is 20.3. The molecule has 0 aromatic heterocycles. The van der Waals surface area contributed by atoms with Gasteiger partial charge in [0, 0.05) is 11.4 Å². The molecule has 0 amide bonds. The molecule has 2 atom stereocenters. The van der Waals surface area contributed by atoms with Gasteiger partial charge in [-0.05, 0) is 62.9 Å². The zero-order valence-corrected chi connectivity index (χ0v) is 16.0. The smallest absolute Gasteiger partial charge is 0.301 e. The fourth-order valence-electron chi connectivity index (χ4n) is 3.90. The molecular formula is C20H32BNO3. The summed E-state index contributed by atoms with van der Waals surface area (Å²) in [5.41, 5.74) is 1.31. The molecule has 2 unspecified atom stereocenters. The Bertz CT molecular complexity index is 566. The van der Waals surface area contributed by atoms with Gasteiger partial charge >= 0.3 is 5.97 Å². The van der Waals surface area contributed by atoms with E-state index in [1.54, 1.807) is 7.11 Å². The molecule has 0 bridgehead atoms. The zero-order chi connectivity index (χ0) is 18.3. The number of likely N-dealkylation sites (tertiary alicyclic amines) is 1. The van der Waals surface area contributed by atoms with Crippen molar-refractivity contribution in [2.24, 2.45) is 0 Å². The maximum Gasteiger partial charge on any atom is 0.301 e. The number of benzene rings is 1. The molecule has 2 rings (SSSR count). The Morgan fingerprint density at radius 2 is 2.16 bits per heavy atom. The molecule has 1 aromatic carbocycles. The summed E-state index contributed by atoms with van der Waals surface area (Å²) >= 11 is 0. The van der Waals surface area contributed by atoms with E-state index in [1.807, 2.05) is 13.9 Å². The predicted octanol–water partition coefficient (Wildman–Crippen LogP) is 3.68. The average molecular weight is 345 g/mol. The van der Waals surface area contributed by atoms with Crippen molar-refractivity contribution in [2.75, 3.05) is 20.2 Å². The standard InChI is InChI=1S/C20H32BNO3/c1-3-4-11-20(21,19(23)24)12-7-14-22-13-6-10-18(22)16-8-5-9-17(15-16)25-2/h5,8-9,15,18H,3-4,6-7,10-14,21H2,1-2H3,(H,23,24). The Kier molecular flexibility index (Phi) is 7.36. The molecule has 1 aromatic rings. The third kappa shape index (κ3) is 5.24. The van der Waals surface area contributed by atoms with Crippen molar-refractivity contribution in [2.45, 2.75) is 63.2 Å². The average Bonchev–Trinajstić information content (AvgIpc) is 3.08. The Hall–Kier alpha value is -1.49. The fourth-order valence-corrected chi connectivity index (χ4v) is 3.90. The summed E-state index contributed by atoms with van der Waals surface area (Å²) in [5.74, 6) is 0.258. The van der Waals surface area contributed by atoms with Crippen LogP contribution in [0.2, 0.25) is 5.31 Å². The summed E-state index contributed by atoms with van der Waals surface area (Å²) < 4.78 is 5.36. The van der Waals surface area contributed by atoms with Crippen molar-refractivity contribution < 1.29 is 14.6 Å². The van der Waals surface area contributed by atoms with E-state index in [0.717, 1.165) is 50.9 Å². The second-order valence-corrected chi connectivity index (χ2v) is 7.54. The van der Waals surface area contributed by atoms with Crippen LogP contribution in [0.3, 0.4) is 0 Å². The monoisotopic (exact) mass is 345 g/mol. The zero-order valence-electron chi connectivity index (χ0n) is 16.0. The lowest BCUT2D eigenvalue weighted by Crippen LogP contribution is -2.28. The molecule has 5 heteroatoms. The van der Waals surface area contributed by atoms with Crippen LogP contribution in [0.5, 0.6) is 5.75 Å². The lowest BCUT2D eigenvalue weighted by Gasteiger charge is -2.28. The van der Waals surface area contributed by atoms with Gasteiger partial charge in [0.2, 0.25) is 0 Å². The first-order chi connectivity index (χ1) is 12.0. The maximum absolute atomic E-state index is 11.7. The van der Waals surface area contributed by atoms with Crippen LogP contribution in [0.1, 0.15) is 63.5 Å². The number of carboxylic acids is 1. The van der Waals surface area contributed by atoms with Crippen molar-refractivity contribution in [3.63, 3.8) is 0 Å². The van der Waals surface area contributed by atoms with E-state index in [2.05, 4.69) is 30.0 Å². The van der Waals surface area contributed by atoms with Gasteiger partial charge in [-0.25, -0.2) is 0 Å². The van der Waals surface area contributed by atoms with Gasteiger partial charge in [-0.1, -0.05) is 31.9 Å². The minimum absolute atomic E-state index is 0.432. The van der Waals surface area contributed by atoms with Gasteiger partial charge in [0.05, 0.1) is 7.11 Å². The van der Waals surface area contributed by atoms with E-state index in [0.29, 0.717) is 6.04 Å². The Morgan fingerprint density at radius 3 is 2.84 bits per heavy atom. The second kappa shape index (κ2) is 9.28. The van der Waals surface area contributed by atoms with Crippen molar-refractivity contribution in [1.82, 2.24) is 4.90 Å². The second-order valence-electron chi connectivity index (χ2n) is 7.54. The maximum atomic E-state index is 11.7. The third-order valence-corrected chi connectivity index (χ3v) is 5.61. The number of methoxy groups -OCH3 is 1. The van der Waals surface area contributed by atoms with Crippen LogP contribution in [-0.2, 0) is 4.79 Å². The van der Waals surface area contributed by atoms with Gasteiger partial charge < -0.3 is 9.84 Å². The molecule has 0 saturated carbocycles. The van der Waals surface area contributed by atoms with Gasteiger partial charge in [0.25, 0.3) is 0 Å². The van der Waals surface area contributed by atoms with Crippen molar-refractivity contribution in [3.05, 3.63) is 29.8 Å². The Morgan fingerprint density at radius 1 is 1.40 bits per heavy atom. The SMILES string of the molecule is BC(CCCC)(CCCN1CCCC1c1cccc(OC)c1)C(=O)O. The molecule has 1 aliphatic heterocycles. The van der Waals surface area contributed by atoms with Gasteiger partial charge in [0.1, 0.15) is 13.6 Å². The Labute approximate surface area is 153 Å². The number of rotatable bonds is 10. The van der Waals surface area contributed by atoms with Gasteiger partial charge in [-0.3, -0.25) is 9.69 Å². The highest BCUT2D eigenvalue weighted by Crippen LogP contribution is 2.37. The lowest BCUT2D eigenvalue weighted by atomic mass is 9.63. The minimum atomic E-state index is -0.647. The van der Waals surface area contributed by atoms with Crippen LogP contribution < -0.4 is 4.74 Å².